The molecular formula is C14H15BrClNO4. The van der Waals surface area contributed by atoms with Gasteiger partial charge >= 0.3 is 5.97 Å². The van der Waals surface area contributed by atoms with Crippen molar-refractivity contribution in [3.63, 3.8) is 0 Å². The van der Waals surface area contributed by atoms with E-state index in [-0.39, 0.29) is 24.4 Å². The predicted molar refractivity (Wildman–Crippen MR) is 81.4 cm³/mol. The first kappa shape index (κ1) is 16.1. The van der Waals surface area contributed by atoms with E-state index in [4.69, 9.17) is 21.1 Å². The Hall–Kier alpha value is -1.27. The summed E-state index contributed by atoms with van der Waals surface area (Å²) < 4.78 is 10.9. The van der Waals surface area contributed by atoms with Crippen molar-refractivity contribution < 1.29 is 19.1 Å². The molecule has 1 saturated heterocycles. The highest BCUT2D eigenvalue weighted by molar-refractivity contribution is 9.10. The number of carbonyl (C=O) groups excluding carboxylic acids is 2. The van der Waals surface area contributed by atoms with Crippen LogP contribution in [0.25, 0.3) is 0 Å². The summed E-state index contributed by atoms with van der Waals surface area (Å²) in [7, 11) is 1.36. The monoisotopic (exact) mass is 375 g/mol. The van der Waals surface area contributed by atoms with Crippen LogP contribution in [0.1, 0.15) is 6.42 Å². The Balaban J connectivity index is 1.87. The maximum Gasteiger partial charge on any atom is 0.310 e. The molecule has 0 bridgehead atoms. The molecule has 0 saturated carbocycles. The van der Waals surface area contributed by atoms with Crippen LogP contribution in [0.2, 0.25) is 5.02 Å². The summed E-state index contributed by atoms with van der Waals surface area (Å²) in [5.41, 5.74) is 0. The molecule has 0 spiro atoms. The zero-order valence-electron chi connectivity index (χ0n) is 11.5. The molecule has 0 aliphatic carbocycles. The van der Waals surface area contributed by atoms with E-state index in [1.807, 2.05) is 0 Å². The van der Waals surface area contributed by atoms with Gasteiger partial charge in [0.2, 0.25) is 0 Å². The summed E-state index contributed by atoms with van der Waals surface area (Å²) in [6.07, 6.45) is 0.628. The molecule has 1 amide bonds. The lowest BCUT2D eigenvalue weighted by molar-refractivity contribution is -0.145. The van der Waals surface area contributed by atoms with Gasteiger partial charge in [-0.3, -0.25) is 9.59 Å². The number of hydrogen-bond donors (Lipinski definition) is 0. The smallest absolute Gasteiger partial charge is 0.310 e. The van der Waals surface area contributed by atoms with Gasteiger partial charge in [-0.1, -0.05) is 11.6 Å². The number of esters is 1. The fourth-order valence-corrected chi connectivity index (χ4v) is 2.97. The molecule has 0 radical (unpaired) electrons. The predicted octanol–water partition coefficient (Wildman–Crippen LogP) is 2.50. The summed E-state index contributed by atoms with van der Waals surface area (Å²) in [5, 5.41) is 0.584. The van der Waals surface area contributed by atoms with E-state index < -0.39 is 0 Å². The van der Waals surface area contributed by atoms with Crippen LogP contribution in [0.3, 0.4) is 0 Å². The number of nitrogens with zero attached hydrogens (tertiary/aromatic N) is 1. The standard InChI is InChI=1S/C14H15BrClNO4/c1-20-14(19)9-4-5-17(7-9)13(18)8-21-12-3-2-10(16)6-11(12)15/h2-3,6,9H,4-5,7-8H2,1H3. The average Bonchev–Trinajstić information content (AvgIpc) is 2.95. The Labute approximate surface area is 136 Å². The van der Waals surface area contributed by atoms with Gasteiger partial charge in [-0.05, 0) is 40.5 Å². The second kappa shape index (κ2) is 7.13. The van der Waals surface area contributed by atoms with E-state index in [9.17, 15) is 9.59 Å². The number of halogens is 2. The van der Waals surface area contributed by atoms with Crippen LogP contribution in [-0.2, 0) is 14.3 Å². The molecule has 0 N–H and O–H groups in total. The summed E-state index contributed by atoms with van der Waals surface area (Å²) in [6, 6.07) is 5.08. The third-order valence-electron chi connectivity index (χ3n) is 3.32. The van der Waals surface area contributed by atoms with Crippen molar-refractivity contribution in [2.24, 2.45) is 5.92 Å². The molecule has 1 heterocycles. The molecule has 2 rings (SSSR count). The Morgan fingerprint density at radius 3 is 2.90 bits per heavy atom. The van der Waals surface area contributed by atoms with Crippen LogP contribution in [0.5, 0.6) is 5.75 Å². The number of ether oxygens (including phenoxy) is 2. The second-order valence-corrected chi connectivity index (χ2v) is 6.00. The van der Waals surface area contributed by atoms with Crippen molar-refractivity contribution in [2.45, 2.75) is 6.42 Å². The normalized spacial score (nSPS) is 17.7. The maximum atomic E-state index is 12.1. The average molecular weight is 377 g/mol. The van der Waals surface area contributed by atoms with E-state index in [1.54, 1.807) is 23.1 Å². The highest BCUT2D eigenvalue weighted by atomic mass is 79.9. The van der Waals surface area contributed by atoms with Crippen molar-refractivity contribution in [1.82, 2.24) is 4.90 Å². The summed E-state index contributed by atoms with van der Waals surface area (Å²) in [6.45, 7) is 0.856. The van der Waals surface area contributed by atoms with Crippen molar-refractivity contribution in [1.29, 1.82) is 0 Å². The van der Waals surface area contributed by atoms with Crippen LogP contribution in [-0.4, -0.2) is 43.6 Å². The first-order valence-electron chi connectivity index (χ1n) is 6.44. The zero-order chi connectivity index (χ0) is 15.4. The Kier molecular flexibility index (Phi) is 5.47. The van der Waals surface area contributed by atoms with Gasteiger partial charge in [0.05, 0.1) is 17.5 Å². The van der Waals surface area contributed by atoms with E-state index in [2.05, 4.69) is 15.9 Å². The van der Waals surface area contributed by atoms with Crippen molar-refractivity contribution in [3.05, 3.63) is 27.7 Å². The van der Waals surface area contributed by atoms with Crippen LogP contribution < -0.4 is 4.74 Å². The summed E-state index contributed by atoms with van der Waals surface area (Å²) in [5.74, 6) is -0.104. The third kappa shape index (κ3) is 4.11. The maximum absolute atomic E-state index is 12.1. The highest BCUT2D eigenvalue weighted by Crippen LogP contribution is 2.28. The lowest BCUT2D eigenvalue weighted by Crippen LogP contribution is -2.34. The topological polar surface area (TPSA) is 55.8 Å². The van der Waals surface area contributed by atoms with Gasteiger partial charge in [-0.15, -0.1) is 0 Å². The number of amides is 1. The fourth-order valence-electron chi connectivity index (χ4n) is 2.17. The van der Waals surface area contributed by atoms with Gasteiger partial charge in [0.15, 0.2) is 6.61 Å². The van der Waals surface area contributed by atoms with Gasteiger partial charge in [0.25, 0.3) is 5.91 Å². The number of methoxy groups -OCH3 is 1. The Bertz CT molecular complexity index is 552. The molecule has 1 aromatic rings. The fraction of sp³-hybridized carbons (Fsp3) is 0.429. The quantitative estimate of drug-likeness (QED) is 0.758. The van der Waals surface area contributed by atoms with Gasteiger partial charge in [-0.25, -0.2) is 0 Å². The molecule has 1 aliphatic heterocycles. The SMILES string of the molecule is COC(=O)C1CCN(C(=O)COc2ccc(Cl)cc2Br)C1. The molecule has 114 valence electrons. The molecule has 21 heavy (non-hydrogen) atoms. The summed E-state index contributed by atoms with van der Waals surface area (Å²) >= 11 is 9.16. The van der Waals surface area contributed by atoms with Crippen LogP contribution in [0.4, 0.5) is 0 Å². The minimum Gasteiger partial charge on any atom is -0.483 e. The van der Waals surface area contributed by atoms with Crippen molar-refractivity contribution >= 4 is 39.4 Å². The zero-order valence-corrected chi connectivity index (χ0v) is 13.8. The first-order valence-corrected chi connectivity index (χ1v) is 7.62. The minimum absolute atomic E-state index is 0.0753. The Morgan fingerprint density at radius 2 is 2.24 bits per heavy atom. The van der Waals surface area contributed by atoms with Crippen LogP contribution in [0.15, 0.2) is 22.7 Å². The van der Waals surface area contributed by atoms with E-state index in [0.29, 0.717) is 34.8 Å². The van der Waals surface area contributed by atoms with Gasteiger partial charge in [0, 0.05) is 18.1 Å². The number of hydrogen-bond acceptors (Lipinski definition) is 4. The number of carbonyl (C=O) groups is 2. The molecule has 1 atom stereocenters. The van der Waals surface area contributed by atoms with Crippen molar-refractivity contribution in [3.8, 4) is 5.75 Å². The third-order valence-corrected chi connectivity index (χ3v) is 4.18. The van der Waals surface area contributed by atoms with Crippen LogP contribution in [0, 0.1) is 5.92 Å². The molecule has 7 heteroatoms. The molecule has 1 unspecified atom stereocenters. The highest BCUT2D eigenvalue weighted by Gasteiger charge is 2.31. The number of rotatable bonds is 4. The van der Waals surface area contributed by atoms with E-state index in [1.165, 1.54) is 7.11 Å². The lowest BCUT2D eigenvalue weighted by Gasteiger charge is -2.16. The number of benzene rings is 1. The second-order valence-electron chi connectivity index (χ2n) is 4.71. The molecule has 1 aromatic carbocycles. The van der Waals surface area contributed by atoms with E-state index >= 15 is 0 Å². The number of likely N-dealkylation sites (tertiary alicyclic amines) is 1. The summed E-state index contributed by atoms with van der Waals surface area (Å²) in [4.78, 5) is 25.1. The van der Waals surface area contributed by atoms with E-state index in [0.717, 1.165) is 0 Å². The largest absolute Gasteiger partial charge is 0.483 e. The molecule has 1 fully saturated rings. The lowest BCUT2D eigenvalue weighted by atomic mass is 10.1. The molecular weight excluding hydrogens is 362 g/mol. The van der Waals surface area contributed by atoms with Crippen LogP contribution >= 0.6 is 27.5 Å². The molecule has 0 aromatic heterocycles. The Morgan fingerprint density at radius 1 is 1.48 bits per heavy atom. The van der Waals surface area contributed by atoms with Gasteiger partial charge in [0.1, 0.15) is 5.75 Å². The van der Waals surface area contributed by atoms with Gasteiger partial charge < -0.3 is 14.4 Å². The van der Waals surface area contributed by atoms with Gasteiger partial charge in [-0.2, -0.15) is 0 Å². The molecule has 1 aliphatic rings. The first-order chi connectivity index (χ1) is 10.0. The van der Waals surface area contributed by atoms with Crippen molar-refractivity contribution in [2.75, 3.05) is 26.8 Å². The minimum atomic E-state index is -0.272. The molecule has 5 nitrogen and oxygen atoms in total.